The van der Waals surface area contributed by atoms with Gasteiger partial charge >= 0.3 is 6.18 Å². The van der Waals surface area contributed by atoms with Gasteiger partial charge in [0, 0.05) is 69.5 Å². The number of rotatable bonds is 5. The summed E-state index contributed by atoms with van der Waals surface area (Å²) in [5, 5.41) is 2.77. The van der Waals surface area contributed by atoms with Crippen molar-refractivity contribution in [3.8, 4) is 0 Å². The monoisotopic (exact) mass is 578 g/mol. The van der Waals surface area contributed by atoms with Crippen LogP contribution >= 0.6 is 0 Å². The molecule has 2 aliphatic rings. The third-order valence-corrected chi connectivity index (χ3v) is 7.62. The number of aldehydes is 1. The van der Waals surface area contributed by atoms with Crippen LogP contribution in [0.2, 0.25) is 0 Å². The summed E-state index contributed by atoms with van der Waals surface area (Å²) in [6.45, 7) is 4.63. The molecule has 0 spiro atoms. The molecule has 4 heterocycles. The summed E-state index contributed by atoms with van der Waals surface area (Å²) < 4.78 is 42.3. The molecular formula is C31H33F3N6O2. The first kappa shape index (κ1) is 29.3. The Kier molecular flexibility index (Phi) is 8.60. The van der Waals surface area contributed by atoms with Crippen molar-refractivity contribution >= 4 is 29.2 Å². The number of imidazole rings is 1. The second-order valence-electron chi connectivity index (χ2n) is 10.7. The van der Waals surface area contributed by atoms with E-state index in [1.54, 1.807) is 22.7 Å². The Morgan fingerprint density at radius 3 is 2.52 bits per heavy atom. The van der Waals surface area contributed by atoms with E-state index in [4.69, 9.17) is 0 Å². The zero-order chi connectivity index (χ0) is 29.9. The quantitative estimate of drug-likeness (QED) is 0.342. The molecule has 2 aliphatic heterocycles. The average molecular weight is 579 g/mol. The molecule has 6 rings (SSSR count). The maximum absolute atomic E-state index is 13.5. The number of pyridine rings is 1. The smallest absolute Gasteiger partial charge is 0.374 e. The highest BCUT2D eigenvalue weighted by Crippen LogP contribution is 2.32. The van der Waals surface area contributed by atoms with E-state index in [0.717, 1.165) is 68.9 Å². The molecule has 1 fully saturated rings. The van der Waals surface area contributed by atoms with E-state index in [0.29, 0.717) is 23.5 Å². The van der Waals surface area contributed by atoms with Crippen molar-refractivity contribution in [2.75, 3.05) is 57.0 Å². The molecule has 2 aromatic carbocycles. The number of nitrogens with zero attached hydrogens (tertiary/aromatic N) is 5. The van der Waals surface area contributed by atoms with Crippen LogP contribution in [0, 0.1) is 0 Å². The lowest BCUT2D eigenvalue weighted by molar-refractivity contribution is -0.137. The van der Waals surface area contributed by atoms with E-state index >= 15 is 0 Å². The predicted molar refractivity (Wildman–Crippen MR) is 156 cm³/mol. The molecule has 0 aliphatic carbocycles. The fourth-order valence-electron chi connectivity index (χ4n) is 5.20. The number of hydrogen-bond acceptors (Lipinski definition) is 6. The Labute approximate surface area is 242 Å². The van der Waals surface area contributed by atoms with Crippen LogP contribution in [-0.2, 0) is 19.1 Å². The molecule has 42 heavy (non-hydrogen) atoms. The molecule has 1 amide bonds. The molecule has 0 atom stereocenters. The van der Waals surface area contributed by atoms with Gasteiger partial charge < -0.3 is 15.1 Å². The Morgan fingerprint density at radius 1 is 1.00 bits per heavy atom. The van der Waals surface area contributed by atoms with Gasteiger partial charge in [0.25, 0.3) is 5.91 Å². The Hall–Kier alpha value is -4.22. The molecular weight excluding hydrogens is 545 g/mol. The van der Waals surface area contributed by atoms with Gasteiger partial charge in [0.1, 0.15) is 11.3 Å². The Bertz CT molecular complexity index is 1580. The number of alkyl halides is 3. The van der Waals surface area contributed by atoms with Crippen LogP contribution in [0.25, 0.3) is 5.65 Å². The molecule has 1 N–H and O–H groups in total. The van der Waals surface area contributed by atoms with Gasteiger partial charge in [0.15, 0.2) is 6.29 Å². The first-order valence-electron chi connectivity index (χ1n) is 13.8. The second kappa shape index (κ2) is 12.3. The number of fused-ring (bicyclic) bond motifs is 2. The minimum absolute atomic E-state index is 0.0211. The zero-order valence-electron chi connectivity index (χ0n) is 23.6. The fourth-order valence-corrected chi connectivity index (χ4v) is 5.20. The number of benzene rings is 2. The van der Waals surface area contributed by atoms with Crippen LogP contribution in [-0.4, -0.2) is 78.2 Å². The highest BCUT2D eigenvalue weighted by atomic mass is 19.4. The van der Waals surface area contributed by atoms with Crippen LogP contribution in [0.1, 0.15) is 37.5 Å². The number of anilines is 2. The number of nitrogens with one attached hydrogen (secondary N) is 1. The molecule has 4 aromatic rings. The van der Waals surface area contributed by atoms with Gasteiger partial charge in [-0.2, -0.15) is 13.2 Å². The van der Waals surface area contributed by atoms with Gasteiger partial charge in [-0.3, -0.25) is 18.9 Å². The van der Waals surface area contributed by atoms with Crippen molar-refractivity contribution in [1.29, 1.82) is 0 Å². The largest absolute Gasteiger partial charge is 0.416 e. The SMILES string of the molecule is CN1CCN(Cc2cc(C(=O)Nc3ccc4c(c3)N(C)CC4)cc(C(F)(F)F)c2)CC1.O=Cc1cnc2ccccn12. The topological polar surface area (TPSA) is 73.2 Å². The summed E-state index contributed by atoms with van der Waals surface area (Å²) in [4.78, 5) is 33.7. The normalized spacial score (nSPS) is 15.7. The van der Waals surface area contributed by atoms with Crippen LogP contribution in [0.15, 0.2) is 67.0 Å². The summed E-state index contributed by atoms with van der Waals surface area (Å²) in [5.74, 6) is -0.536. The van der Waals surface area contributed by atoms with Crippen molar-refractivity contribution in [3.63, 3.8) is 0 Å². The highest BCUT2D eigenvalue weighted by molar-refractivity contribution is 6.04. The molecule has 0 bridgehead atoms. The lowest BCUT2D eigenvalue weighted by Crippen LogP contribution is -2.43. The van der Waals surface area contributed by atoms with Crippen molar-refractivity contribution < 1.29 is 22.8 Å². The van der Waals surface area contributed by atoms with E-state index in [-0.39, 0.29) is 5.56 Å². The average Bonchev–Trinajstić information content (AvgIpc) is 3.57. The van der Waals surface area contributed by atoms with Crippen LogP contribution in [0.4, 0.5) is 24.5 Å². The molecule has 2 aromatic heterocycles. The predicted octanol–water partition coefficient (Wildman–Crippen LogP) is 4.84. The van der Waals surface area contributed by atoms with Crippen molar-refractivity contribution in [2.45, 2.75) is 19.1 Å². The van der Waals surface area contributed by atoms with Crippen LogP contribution in [0.3, 0.4) is 0 Å². The van der Waals surface area contributed by atoms with E-state index in [1.807, 2.05) is 50.6 Å². The number of likely N-dealkylation sites (N-methyl/N-ethyl adjacent to an activating group) is 2. The molecule has 220 valence electrons. The number of amides is 1. The minimum atomic E-state index is -4.51. The zero-order valence-corrected chi connectivity index (χ0v) is 23.6. The lowest BCUT2D eigenvalue weighted by Gasteiger charge is -2.32. The molecule has 0 saturated carbocycles. The summed E-state index contributed by atoms with van der Waals surface area (Å²) in [7, 11) is 4.01. The van der Waals surface area contributed by atoms with Gasteiger partial charge in [-0.05, 0) is 67.1 Å². The second-order valence-corrected chi connectivity index (χ2v) is 10.7. The minimum Gasteiger partial charge on any atom is -0.374 e. The summed E-state index contributed by atoms with van der Waals surface area (Å²) in [6.07, 6.45) is 0.598. The molecule has 0 unspecified atom stereocenters. The van der Waals surface area contributed by atoms with E-state index in [1.165, 1.54) is 5.56 Å². The Morgan fingerprint density at radius 2 is 1.79 bits per heavy atom. The maximum atomic E-state index is 13.5. The number of aromatic nitrogens is 2. The molecule has 11 heteroatoms. The maximum Gasteiger partial charge on any atom is 0.416 e. The first-order valence-corrected chi connectivity index (χ1v) is 13.8. The number of carbonyl (C=O) groups is 2. The summed E-state index contributed by atoms with van der Waals surface area (Å²) in [5.41, 5.74) is 3.93. The third-order valence-electron chi connectivity index (χ3n) is 7.62. The van der Waals surface area contributed by atoms with Crippen molar-refractivity contribution in [3.05, 3.63) is 94.9 Å². The molecule has 1 saturated heterocycles. The van der Waals surface area contributed by atoms with E-state index in [2.05, 4.69) is 25.0 Å². The third kappa shape index (κ3) is 6.80. The Balaban J connectivity index is 0.000000267. The first-order chi connectivity index (χ1) is 20.1. The number of piperazine rings is 1. The number of hydrogen-bond donors (Lipinski definition) is 1. The summed E-state index contributed by atoms with van der Waals surface area (Å²) >= 11 is 0. The fraction of sp³-hybridized carbons (Fsp3) is 0.323. The van der Waals surface area contributed by atoms with Gasteiger partial charge in [0.05, 0.1) is 11.8 Å². The van der Waals surface area contributed by atoms with Crippen LogP contribution in [0.5, 0.6) is 0 Å². The van der Waals surface area contributed by atoms with Crippen molar-refractivity contribution in [1.82, 2.24) is 19.2 Å². The van der Waals surface area contributed by atoms with Gasteiger partial charge in [-0.25, -0.2) is 4.98 Å². The molecule has 8 nitrogen and oxygen atoms in total. The van der Waals surface area contributed by atoms with Crippen LogP contribution < -0.4 is 10.2 Å². The van der Waals surface area contributed by atoms with Gasteiger partial charge in [-0.1, -0.05) is 12.1 Å². The van der Waals surface area contributed by atoms with E-state index < -0.39 is 17.6 Å². The number of carbonyl (C=O) groups excluding carboxylic acids is 2. The molecule has 0 radical (unpaired) electrons. The standard InChI is InChI=1S/C23H27F3N4O.C8H6N2O/c1-28-7-9-30(10-8-28)15-16-11-18(13-19(12-16)23(24,25)26)22(31)27-20-4-3-17-5-6-29(2)21(17)14-20;11-6-7-5-9-8-3-1-2-4-10(7)8/h3-4,11-14H,5-10,15H2,1-2H3,(H,27,31);1-6H. The summed E-state index contributed by atoms with van der Waals surface area (Å²) in [6, 6.07) is 14.9. The van der Waals surface area contributed by atoms with Crippen molar-refractivity contribution in [2.24, 2.45) is 0 Å². The lowest BCUT2D eigenvalue weighted by atomic mass is 10.0. The highest BCUT2D eigenvalue weighted by Gasteiger charge is 2.32. The van der Waals surface area contributed by atoms with E-state index in [9.17, 15) is 22.8 Å². The number of halogens is 3. The van der Waals surface area contributed by atoms with Gasteiger partial charge in [-0.15, -0.1) is 0 Å². The van der Waals surface area contributed by atoms with Gasteiger partial charge in [0.2, 0.25) is 0 Å².